The minimum Gasteiger partial charge on any atom is -0.465 e. The third-order valence-corrected chi connectivity index (χ3v) is 2.04. The minimum atomic E-state index is -0.736. The lowest BCUT2D eigenvalue weighted by Gasteiger charge is -2.06. The molecule has 2 rings (SSSR count). The van der Waals surface area contributed by atoms with Crippen LogP contribution in [-0.2, 0) is 4.74 Å². The number of rotatable bonds is 1. The van der Waals surface area contributed by atoms with Crippen LogP contribution in [-0.4, -0.2) is 19.9 Å². The molecule has 1 heterocycles. The first kappa shape index (κ1) is 9.57. The minimum absolute atomic E-state index is 0.0308. The van der Waals surface area contributed by atoms with Crippen LogP contribution >= 0.6 is 0 Å². The van der Waals surface area contributed by atoms with Gasteiger partial charge in [0, 0.05) is 0 Å². The Morgan fingerprint density at radius 2 is 2.20 bits per heavy atom. The molecule has 15 heavy (non-hydrogen) atoms. The summed E-state index contributed by atoms with van der Waals surface area (Å²) in [5.74, 6) is -1.26. The maximum absolute atomic E-state index is 13.3. The fourth-order valence-corrected chi connectivity index (χ4v) is 1.32. The molecule has 5 nitrogen and oxygen atoms in total. The van der Waals surface area contributed by atoms with Crippen molar-refractivity contribution in [2.45, 2.75) is 0 Å². The van der Waals surface area contributed by atoms with Crippen LogP contribution in [0.3, 0.4) is 0 Å². The second-order valence-corrected chi connectivity index (χ2v) is 2.88. The normalized spacial score (nSPS) is 12.7. The average molecular weight is 213 g/mol. The topological polar surface area (TPSA) is 70.8 Å². The SMILES string of the molecule is COC(=O)c1cc(F)c(N)c2c1OCO2. The van der Waals surface area contributed by atoms with E-state index in [1.165, 1.54) is 7.11 Å². The quantitative estimate of drug-likeness (QED) is 0.554. The number of ether oxygens (including phenoxy) is 3. The van der Waals surface area contributed by atoms with E-state index in [4.69, 9.17) is 15.2 Å². The summed E-state index contributed by atoms with van der Waals surface area (Å²) in [6.07, 6.45) is 0. The highest BCUT2D eigenvalue weighted by Crippen LogP contribution is 2.42. The second-order valence-electron chi connectivity index (χ2n) is 2.88. The molecule has 0 bridgehead atoms. The van der Waals surface area contributed by atoms with Crippen molar-refractivity contribution in [2.75, 3.05) is 19.6 Å². The van der Waals surface area contributed by atoms with Gasteiger partial charge in [-0.25, -0.2) is 9.18 Å². The average Bonchev–Trinajstić information content (AvgIpc) is 2.71. The van der Waals surface area contributed by atoms with Gasteiger partial charge in [-0.1, -0.05) is 0 Å². The molecule has 1 aromatic rings. The number of halogens is 1. The number of benzene rings is 1. The molecule has 0 radical (unpaired) electrons. The maximum Gasteiger partial charge on any atom is 0.341 e. The Kier molecular flexibility index (Phi) is 2.11. The molecule has 0 aliphatic carbocycles. The summed E-state index contributed by atoms with van der Waals surface area (Å²) >= 11 is 0. The number of fused-ring (bicyclic) bond motifs is 1. The van der Waals surface area contributed by atoms with Gasteiger partial charge in [-0.2, -0.15) is 0 Å². The standard InChI is InChI=1S/C9H8FNO4/c1-13-9(12)4-2-5(10)6(11)8-7(4)14-3-15-8/h2H,3,11H2,1H3. The van der Waals surface area contributed by atoms with Crippen LogP contribution in [0.4, 0.5) is 10.1 Å². The van der Waals surface area contributed by atoms with Gasteiger partial charge in [0.1, 0.15) is 11.3 Å². The fourth-order valence-electron chi connectivity index (χ4n) is 1.32. The first-order chi connectivity index (χ1) is 7.15. The highest BCUT2D eigenvalue weighted by molar-refractivity contribution is 5.95. The van der Waals surface area contributed by atoms with Crippen molar-refractivity contribution in [3.8, 4) is 11.5 Å². The van der Waals surface area contributed by atoms with Crippen molar-refractivity contribution < 1.29 is 23.4 Å². The van der Waals surface area contributed by atoms with Crippen LogP contribution in [0.2, 0.25) is 0 Å². The molecule has 0 saturated heterocycles. The molecule has 0 unspecified atom stereocenters. The lowest BCUT2D eigenvalue weighted by molar-refractivity contribution is 0.0595. The van der Waals surface area contributed by atoms with Gasteiger partial charge in [0.25, 0.3) is 0 Å². The monoisotopic (exact) mass is 213 g/mol. The van der Waals surface area contributed by atoms with Crippen LogP contribution in [0, 0.1) is 5.82 Å². The molecular weight excluding hydrogens is 205 g/mol. The molecule has 0 aromatic heterocycles. The maximum atomic E-state index is 13.3. The summed E-state index contributed by atoms with van der Waals surface area (Å²) < 4.78 is 27.7. The van der Waals surface area contributed by atoms with E-state index in [1.807, 2.05) is 0 Å². The van der Waals surface area contributed by atoms with Crippen LogP contribution in [0.1, 0.15) is 10.4 Å². The number of carbonyl (C=O) groups is 1. The third-order valence-electron chi connectivity index (χ3n) is 2.04. The molecule has 1 aliphatic heterocycles. The molecule has 0 fully saturated rings. The Bertz CT molecular complexity index is 433. The van der Waals surface area contributed by atoms with Crippen LogP contribution < -0.4 is 15.2 Å². The van der Waals surface area contributed by atoms with Crippen molar-refractivity contribution in [1.29, 1.82) is 0 Å². The molecule has 0 saturated carbocycles. The zero-order valence-electron chi connectivity index (χ0n) is 7.87. The number of methoxy groups -OCH3 is 1. The number of hydrogen-bond donors (Lipinski definition) is 1. The van der Waals surface area contributed by atoms with Gasteiger partial charge in [-0.3, -0.25) is 0 Å². The van der Waals surface area contributed by atoms with Gasteiger partial charge in [0.15, 0.2) is 17.3 Å². The number of anilines is 1. The second kappa shape index (κ2) is 3.30. The highest BCUT2D eigenvalue weighted by Gasteiger charge is 2.27. The fraction of sp³-hybridized carbons (Fsp3) is 0.222. The largest absolute Gasteiger partial charge is 0.465 e. The summed E-state index contributed by atoms with van der Waals surface area (Å²) in [5, 5.41) is 0. The molecule has 0 amide bonds. The Balaban J connectivity index is 2.62. The van der Waals surface area contributed by atoms with E-state index >= 15 is 0 Å². The van der Waals surface area contributed by atoms with Gasteiger partial charge in [0.05, 0.1) is 7.11 Å². The van der Waals surface area contributed by atoms with Gasteiger partial charge >= 0.3 is 5.97 Å². The first-order valence-electron chi connectivity index (χ1n) is 4.11. The smallest absolute Gasteiger partial charge is 0.341 e. The summed E-state index contributed by atoms with van der Waals surface area (Å²) in [4.78, 5) is 11.3. The van der Waals surface area contributed by atoms with Crippen molar-refractivity contribution >= 4 is 11.7 Å². The number of nitrogens with two attached hydrogens (primary N) is 1. The summed E-state index contributed by atoms with van der Waals surface area (Å²) in [6.45, 7) is -0.0903. The lowest BCUT2D eigenvalue weighted by atomic mass is 10.1. The van der Waals surface area contributed by atoms with E-state index in [9.17, 15) is 9.18 Å². The Hall–Kier alpha value is -1.98. The molecule has 6 heteroatoms. The summed E-state index contributed by atoms with van der Waals surface area (Å²) in [5.41, 5.74) is 5.21. The summed E-state index contributed by atoms with van der Waals surface area (Å²) in [7, 11) is 1.19. The van der Waals surface area contributed by atoms with Crippen LogP contribution in [0.5, 0.6) is 11.5 Å². The number of hydrogen-bond acceptors (Lipinski definition) is 5. The molecule has 80 valence electrons. The molecule has 1 aliphatic rings. The highest BCUT2D eigenvalue weighted by atomic mass is 19.1. The molecule has 0 atom stereocenters. The van der Waals surface area contributed by atoms with Gasteiger partial charge in [-0.15, -0.1) is 0 Å². The van der Waals surface area contributed by atoms with E-state index in [-0.39, 0.29) is 29.5 Å². The van der Waals surface area contributed by atoms with Crippen molar-refractivity contribution in [2.24, 2.45) is 0 Å². The van der Waals surface area contributed by atoms with Crippen LogP contribution in [0.15, 0.2) is 6.07 Å². The molecule has 0 spiro atoms. The van der Waals surface area contributed by atoms with Gasteiger partial charge in [-0.05, 0) is 6.07 Å². The van der Waals surface area contributed by atoms with Gasteiger partial charge in [0.2, 0.25) is 6.79 Å². The molecule has 1 aromatic carbocycles. The van der Waals surface area contributed by atoms with Crippen molar-refractivity contribution in [3.05, 3.63) is 17.4 Å². The van der Waals surface area contributed by atoms with Crippen molar-refractivity contribution in [1.82, 2.24) is 0 Å². The number of carbonyl (C=O) groups excluding carboxylic acids is 1. The van der Waals surface area contributed by atoms with E-state index in [0.717, 1.165) is 6.07 Å². The van der Waals surface area contributed by atoms with Crippen molar-refractivity contribution in [3.63, 3.8) is 0 Å². The molecule has 2 N–H and O–H groups in total. The first-order valence-corrected chi connectivity index (χ1v) is 4.11. The summed E-state index contributed by atoms with van der Waals surface area (Å²) in [6, 6.07) is 0.967. The van der Waals surface area contributed by atoms with Gasteiger partial charge < -0.3 is 19.9 Å². The van der Waals surface area contributed by atoms with E-state index < -0.39 is 11.8 Å². The van der Waals surface area contributed by atoms with E-state index in [1.54, 1.807) is 0 Å². The Labute approximate surface area is 84.5 Å². The predicted molar refractivity (Wildman–Crippen MR) is 48.3 cm³/mol. The lowest BCUT2D eigenvalue weighted by Crippen LogP contribution is -2.05. The predicted octanol–water partition coefficient (Wildman–Crippen LogP) is 0.923. The molecular formula is C9H8FNO4. The zero-order valence-corrected chi connectivity index (χ0v) is 7.87. The van der Waals surface area contributed by atoms with Crippen LogP contribution in [0.25, 0.3) is 0 Å². The number of nitrogen functional groups attached to an aromatic ring is 1. The number of esters is 1. The third kappa shape index (κ3) is 1.34. The zero-order chi connectivity index (χ0) is 11.0. The van der Waals surface area contributed by atoms with E-state index in [2.05, 4.69) is 4.74 Å². The Morgan fingerprint density at radius 3 is 2.87 bits per heavy atom. The Morgan fingerprint density at radius 1 is 1.53 bits per heavy atom. The van der Waals surface area contributed by atoms with E-state index in [0.29, 0.717) is 0 Å².